The molecule has 2 aromatic rings. The maximum Gasteiger partial charge on any atom is 0.311 e. The third-order valence-electron chi connectivity index (χ3n) is 3.04. The molecule has 6 nitrogen and oxygen atoms in total. The van der Waals surface area contributed by atoms with Gasteiger partial charge in [-0.05, 0) is 54.9 Å². The Labute approximate surface area is 147 Å². The molecule has 2 rings (SSSR count). The summed E-state index contributed by atoms with van der Waals surface area (Å²) in [6, 6.07) is 11.8. The normalized spacial score (nSPS) is 10.4. The van der Waals surface area contributed by atoms with Crippen molar-refractivity contribution in [3.63, 3.8) is 0 Å². The average Bonchev–Trinajstić information content (AvgIpc) is 2.49. The van der Waals surface area contributed by atoms with Crippen LogP contribution >= 0.6 is 22.6 Å². The molecule has 0 N–H and O–H groups in total. The van der Waals surface area contributed by atoms with Crippen molar-refractivity contribution in [2.24, 2.45) is 0 Å². The molecule has 0 atom stereocenters. The van der Waals surface area contributed by atoms with Crippen LogP contribution in [0.25, 0.3) is 0 Å². The Morgan fingerprint density at radius 1 is 1.30 bits per heavy atom. The number of nitrogens with zero attached hydrogens (tertiary/aromatic N) is 3. The van der Waals surface area contributed by atoms with E-state index in [4.69, 9.17) is 4.74 Å². The van der Waals surface area contributed by atoms with Crippen LogP contribution in [0.3, 0.4) is 0 Å². The van der Waals surface area contributed by atoms with Gasteiger partial charge in [0.05, 0.1) is 10.5 Å². The Hall–Kier alpha value is -2.18. The van der Waals surface area contributed by atoms with Crippen molar-refractivity contribution in [2.75, 3.05) is 14.1 Å². The smallest absolute Gasteiger partial charge is 0.311 e. The SMILES string of the molecule is CN(C)Cc1cc(I)c(C#N)cc1Oc1ccccc1[N+](=O)[O-]. The topological polar surface area (TPSA) is 79.4 Å². The number of halogens is 1. The molecule has 0 spiro atoms. The molecule has 0 heterocycles. The third kappa shape index (κ3) is 4.18. The molecule has 0 aliphatic heterocycles. The fourth-order valence-corrected chi connectivity index (χ4v) is 2.70. The Morgan fingerprint density at radius 2 is 2.00 bits per heavy atom. The standard InChI is InChI=1S/C16H14IN3O3/c1-19(2)10-12-7-13(17)11(9-18)8-16(12)23-15-6-4-3-5-14(15)20(21)22/h3-8H,10H2,1-2H3. The first kappa shape index (κ1) is 17.2. The first-order chi connectivity index (χ1) is 10.9. The molecule has 0 saturated carbocycles. The predicted molar refractivity (Wildman–Crippen MR) is 94.4 cm³/mol. The van der Waals surface area contributed by atoms with Crippen LogP contribution in [0.4, 0.5) is 5.69 Å². The Balaban J connectivity index is 2.50. The highest BCUT2D eigenvalue weighted by Gasteiger charge is 2.17. The van der Waals surface area contributed by atoms with Crippen LogP contribution in [0.15, 0.2) is 36.4 Å². The summed E-state index contributed by atoms with van der Waals surface area (Å²) in [5, 5.41) is 20.3. The first-order valence-electron chi connectivity index (χ1n) is 6.71. The van der Waals surface area contributed by atoms with Crippen molar-refractivity contribution < 1.29 is 9.66 Å². The summed E-state index contributed by atoms with van der Waals surface area (Å²) in [6.07, 6.45) is 0. The molecular weight excluding hydrogens is 409 g/mol. The van der Waals surface area contributed by atoms with Crippen LogP contribution in [0.2, 0.25) is 0 Å². The van der Waals surface area contributed by atoms with E-state index in [0.29, 0.717) is 17.9 Å². The van der Waals surface area contributed by atoms with Gasteiger partial charge in [-0.3, -0.25) is 10.1 Å². The number of rotatable bonds is 5. The molecule has 0 aliphatic rings. The molecule has 0 amide bonds. The number of hydrogen-bond acceptors (Lipinski definition) is 5. The highest BCUT2D eigenvalue weighted by atomic mass is 127. The minimum atomic E-state index is -0.487. The summed E-state index contributed by atoms with van der Waals surface area (Å²) in [6.45, 7) is 0.595. The number of nitriles is 1. The zero-order chi connectivity index (χ0) is 17.0. The van der Waals surface area contributed by atoms with Crippen LogP contribution < -0.4 is 4.74 Å². The minimum absolute atomic E-state index is 0.111. The Kier molecular flexibility index (Phi) is 5.52. The maximum atomic E-state index is 11.1. The van der Waals surface area contributed by atoms with E-state index in [-0.39, 0.29) is 11.4 Å². The second kappa shape index (κ2) is 7.39. The lowest BCUT2D eigenvalue weighted by atomic mass is 10.1. The van der Waals surface area contributed by atoms with Gasteiger partial charge in [-0.1, -0.05) is 12.1 Å². The van der Waals surface area contributed by atoms with Gasteiger partial charge in [0.15, 0.2) is 0 Å². The van der Waals surface area contributed by atoms with Crippen molar-refractivity contribution >= 4 is 28.3 Å². The van der Waals surface area contributed by atoms with Gasteiger partial charge < -0.3 is 9.64 Å². The van der Waals surface area contributed by atoms with Gasteiger partial charge in [-0.25, -0.2) is 0 Å². The van der Waals surface area contributed by atoms with Gasteiger partial charge in [0.1, 0.15) is 11.8 Å². The van der Waals surface area contributed by atoms with Crippen molar-refractivity contribution in [1.29, 1.82) is 5.26 Å². The molecule has 7 heteroatoms. The number of nitro groups is 1. The zero-order valence-corrected chi connectivity index (χ0v) is 14.8. The molecule has 0 aromatic heterocycles. The molecule has 118 valence electrons. The van der Waals surface area contributed by atoms with E-state index < -0.39 is 4.92 Å². The van der Waals surface area contributed by atoms with Crippen LogP contribution in [0.1, 0.15) is 11.1 Å². The van der Waals surface area contributed by atoms with Crippen molar-refractivity contribution in [3.05, 3.63) is 61.2 Å². The van der Waals surface area contributed by atoms with Gasteiger partial charge in [0.2, 0.25) is 5.75 Å². The molecule has 0 aliphatic carbocycles. The fraction of sp³-hybridized carbons (Fsp3) is 0.188. The van der Waals surface area contributed by atoms with Gasteiger partial charge in [-0.2, -0.15) is 5.26 Å². The minimum Gasteiger partial charge on any atom is -0.450 e. The first-order valence-corrected chi connectivity index (χ1v) is 7.78. The lowest BCUT2D eigenvalue weighted by molar-refractivity contribution is -0.385. The van der Waals surface area contributed by atoms with Crippen molar-refractivity contribution in [2.45, 2.75) is 6.54 Å². The van der Waals surface area contributed by atoms with Crippen LogP contribution in [0, 0.1) is 25.0 Å². The van der Waals surface area contributed by atoms with E-state index >= 15 is 0 Å². The van der Waals surface area contributed by atoms with Crippen molar-refractivity contribution in [1.82, 2.24) is 4.90 Å². The van der Waals surface area contributed by atoms with Gasteiger partial charge >= 0.3 is 5.69 Å². The fourth-order valence-electron chi connectivity index (χ4n) is 2.05. The monoisotopic (exact) mass is 423 g/mol. The summed E-state index contributed by atoms with van der Waals surface area (Å²) in [4.78, 5) is 12.6. The quantitative estimate of drug-likeness (QED) is 0.414. The highest BCUT2D eigenvalue weighted by Crippen LogP contribution is 2.34. The van der Waals surface area contributed by atoms with E-state index in [2.05, 4.69) is 28.7 Å². The molecular formula is C16H14IN3O3. The molecule has 23 heavy (non-hydrogen) atoms. The number of nitro benzene ring substituents is 1. The molecule has 2 aromatic carbocycles. The van der Waals surface area contributed by atoms with Crippen LogP contribution in [0.5, 0.6) is 11.5 Å². The van der Waals surface area contributed by atoms with Crippen LogP contribution in [-0.2, 0) is 6.54 Å². The second-order valence-corrected chi connectivity index (χ2v) is 6.28. The largest absolute Gasteiger partial charge is 0.450 e. The average molecular weight is 423 g/mol. The van der Waals surface area contributed by atoms with E-state index in [0.717, 1.165) is 9.13 Å². The molecule has 0 unspecified atom stereocenters. The van der Waals surface area contributed by atoms with E-state index in [1.54, 1.807) is 24.3 Å². The number of hydrogen-bond donors (Lipinski definition) is 0. The third-order valence-corrected chi connectivity index (χ3v) is 3.93. The summed E-state index contributed by atoms with van der Waals surface area (Å²) in [5.74, 6) is 0.604. The number of ether oxygens (including phenoxy) is 1. The molecule has 0 saturated heterocycles. The number of benzene rings is 2. The van der Waals surface area contributed by atoms with Gasteiger partial charge in [-0.15, -0.1) is 0 Å². The van der Waals surface area contributed by atoms with E-state index in [1.807, 2.05) is 25.1 Å². The lowest BCUT2D eigenvalue weighted by Crippen LogP contribution is -2.12. The highest BCUT2D eigenvalue weighted by molar-refractivity contribution is 14.1. The Bertz CT molecular complexity index is 785. The van der Waals surface area contributed by atoms with E-state index in [9.17, 15) is 15.4 Å². The molecule has 0 bridgehead atoms. The van der Waals surface area contributed by atoms with Gasteiger partial charge in [0, 0.05) is 21.7 Å². The Morgan fingerprint density at radius 3 is 2.61 bits per heavy atom. The van der Waals surface area contributed by atoms with Crippen molar-refractivity contribution in [3.8, 4) is 17.6 Å². The summed E-state index contributed by atoms with van der Waals surface area (Å²) in [5.41, 5.74) is 1.22. The maximum absolute atomic E-state index is 11.1. The van der Waals surface area contributed by atoms with E-state index in [1.165, 1.54) is 6.07 Å². The number of para-hydroxylation sites is 2. The summed E-state index contributed by atoms with van der Waals surface area (Å²) >= 11 is 2.09. The zero-order valence-electron chi connectivity index (χ0n) is 12.6. The predicted octanol–water partition coefficient (Wildman–Crippen LogP) is 3.92. The molecule has 0 radical (unpaired) electrons. The van der Waals surface area contributed by atoms with Crippen LogP contribution in [-0.4, -0.2) is 23.9 Å². The second-order valence-electron chi connectivity index (χ2n) is 5.12. The molecule has 0 fully saturated rings. The van der Waals surface area contributed by atoms with Gasteiger partial charge in [0.25, 0.3) is 0 Å². The summed E-state index contributed by atoms with van der Waals surface area (Å²) in [7, 11) is 3.83. The summed E-state index contributed by atoms with van der Waals surface area (Å²) < 4.78 is 6.59. The lowest BCUT2D eigenvalue weighted by Gasteiger charge is -2.16.